The second kappa shape index (κ2) is 7.35. The maximum Gasteiger partial charge on any atom is 0.216 e. The van der Waals surface area contributed by atoms with Crippen molar-refractivity contribution in [3.05, 3.63) is 47.9 Å². The van der Waals surface area contributed by atoms with Gasteiger partial charge in [0.15, 0.2) is 0 Å². The van der Waals surface area contributed by atoms with E-state index in [-0.39, 0.29) is 11.5 Å². The average Bonchev–Trinajstić information content (AvgIpc) is 2.55. The number of hydrogen-bond donors (Lipinski definition) is 0. The van der Waals surface area contributed by atoms with Gasteiger partial charge in [-0.1, -0.05) is 12.1 Å². The maximum absolute atomic E-state index is 12.5. The van der Waals surface area contributed by atoms with E-state index in [1.165, 1.54) is 19.5 Å². The highest BCUT2D eigenvalue weighted by atomic mass is 16.5. The molecule has 1 heterocycles. The molecule has 0 fully saturated rings. The number of benzene rings is 1. The van der Waals surface area contributed by atoms with Crippen LogP contribution in [0.4, 0.5) is 0 Å². The summed E-state index contributed by atoms with van der Waals surface area (Å²) in [4.78, 5) is 20.4. The Hall–Kier alpha value is -2.47. The van der Waals surface area contributed by atoms with Gasteiger partial charge in [0.25, 0.3) is 0 Å². The molecule has 0 saturated carbocycles. The van der Waals surface area contributed by atoms with Gasteiger partial charge in [-0.05, 0) is 12.1 Å². The van der Waals surface area contributed by atoms with Gasteiger partial charge in [-0.25, -0.2) is 9.97 Å². The van der Waals surface area contributed by atoms with Crippen LogP contribution in [0, 0.1) is 0 Å². The van der Waals surface area contributed by atoms with Crippen LogP contribution in [0.25, 0.3) is 0 Å². The number of aromatic nitrogens is 2. The molecule has 0 atom stereocenters. The van der Waals surface area contributed by atoms with Gasteiger partial charge in [-0.2, -0.15) is 0 Å². The summed E-state index contributed by atoms with van der Waals surface area (Å²) in [7, 11) is 3.08. The lowest BCUT2D eigenvalue weighted by Crippen LogP contribution is -2.10. The molecule has 21 heavy (non-hydrogen) atoms. The summed E-state index contributed by atoms with van der Waals surface area (Å²) in [6, 6.07) is 8.50. The Bertz CT molecular complexity index is 616. The van der Waals surface area contributed by atoms with Gasteiger partial charge in [-0.15, -0.1) is 0 Å². The Kier molecular flexibility index (Phi) is 5.22. The molecular weight excluding hydrogens is 272 g/mol. The molecule has 0 radical (unpaired) electrons. The van der Waals surface area contributed by atoms with Gasteiger partial charge in [0.05, 0.1) is 19.3 Å². The predicted molar refractivity (Wildman–Crippen MR) is 75.8 cm³/mol. The summed E-state index contributed by atoms with van der Waals surface area (Å²) in [6.45, 7) is 0.817. The predicted octanol–water partition coefficient (Wildman–Crippen LogP) is 1.74. The monoisotopic (exact) mass is 288 g/mol. The van der Waals surface area contributed by atoms with Gasteiger partial charge >= 0.3 is 0 Å². The Labute approximate surface area is 122 Å². The third-order valence-corrected chi connectivity index (χ3v) is 2.76. The zero-order valence-electron chi connectivity index (χ0n) is 11.9. The lowest BCUT2D eigenvalue weighted by Gasteiger charge is -2.10. The quantitative estimate of drug-likeness (QED) is 0.571. The molecule has 0 aliphatic carbocycles. The zero-order valence-corrected chi connectivity index (χ0v) is 11.9. The molecule has 0 bridgehead atoms. The fourth-order valence-corrected chi connectivity index (χ4v) is 1.73. The lowest BCUT2D eigenvalue weighted by atomic mass is 10.1. The van der Waals surface area contributed by atoms with Gasteiger partial charge in [0.1, 0.15) is 24.4 Å². The molecule has 6 nitrogen and oxygen atoms in total. The number of nitrogens with zero attached hydrogens (tertiary/aromatic N) is 2. The van der Waals surface area contributed by atoms with Crippen molar-refractivity contribution in [3.63, 3.8) is 0 Å². The van der Waals surface area contributed by atoms with Crippen molar-refractivity contribution in [1.82, 2.24) is 9.97 Å². The van der Waals surface area contributed by atoms with Crippen molar-refractivity contribution < 1.29 is 19.0 Å². The Morgan fingerprint density at radius 3 is 2.71 bits per heavy atom. The summed E-state index contributed by atoms with van der Waals surface area (Å²) in [5.74, 6) is 0.590. The molecule has 2 rings (SSSR count). The number of carbonyl (C=O) groups excluding carboxylic acids is 1. The SMILES string of the molecule is COCCOc1ccccc1C(=O)c1cc(OC)ncn1. The van der Waals surface area contributed by atoms with Crippen molar-refractivity contribution in [2.75, 3.05) is 27.4 Å². The van der Waals surface area contributed by atoms with Crippen LogP contribution < -0.4 is 9.47 Å². The summed E-state index contributed by atoms with van der Waals surface area (Å²) in [6.07, 6.45) is 1.29. The van der Waals surface area contributed by atoms with E-state index in [9.17, 15) is 4.79 Å². The Morgan fingerprint density at radius 2 is 1.95 bits per heavy atom. The topological polar surface area (TPSA) is 70.5 Å². The standard InChI is InChI=1S/C15H16N2O4/c1-19-7-8-21-13-6-4-3-5-11(13)15(18)12-9-14(20-2)17-10-16-12/h3-6,9-10H,7-8H2,1-2H3. The first-order valence-corrected chi connectivity index (χ1v) is 6.37. The molecule has 0 amide bonds. The molecular formula is C15H16N2O4. The van der Waals surface area contributed by atoms with Gasteiger partial charge in [0.2, 0.25) is 11.7 Å². The van der Waals surface area contributed by atoms with Crippen molar-refractivity contribution >= 4 is 5.78 Å². The number of ether oxygens (including phenoxy) is 3. The summed E-state index contributed by atoms with van der Waals surface area (Å²) < 4.78 is 15.5. The third-order valence-electron chi connectivity index (χ3n) is 2.76. The zero-order chi connectivity index (χ0) is 15.1. The number of rotatable bonds is 7. The molecule has 0 N–H and O–H groups in total. The van der Waals surface area contributed by atoms with Gasteiger partial charge < -0.3 is 14.2 Å². The second-order valence-electron chi connectivity index (χ2n) is 4.11. The minimum atomic E-state index is -0.247. The van der Waals surface area contributed by atoms with Crippen LogP contribution in [-0.2, 0) is 4.74 Å². The molecule has 0 spiro atoms. The van der Waals surface area contributed by atoms with Crippen LogP contribution in [0.5, 0.6) is 11.6 Å². The third kappa shape index (κ3) is 3.76. The maximum atomic E-state index is 12.5. The summed E-state index contributed by atoms with van der Waals surface area (Å²) in [5.41, 5.74) is 0.694. The van der Waals surface area contributed by atoms with Crippen molar-refractivity contribution in [2.45, 2.75) is 0 Å². The molecule has 0 aliphatic heterocycles. The molecule has 0 aliphatic rings. The molecule has 1 aromatic carbocycles. The molecule has 0 saturated heterocycles. The van der Waals surface area contributed by atoms with E-state index >= 15 is 0 Å². The minimum absolute atomic E-state index is 0.247. The van der Waals surface area contributed by atoms with Crippen LogP contribution in [0.15, 0.2) is 36.7 Å². The van der Waals surface area contributed by atoms with Crippen LogP contribution in [-0.4, -0.2) is 43.2 Å². The van der Waals surface area contributed by atoms with Crippen molar-refractivity contribution in [3.8, 4) is 11.6 Å². The molecule has 110 valence electrons. The number of methoxy groups -OCH3 is 2. The fourth-order valence-electron chi connectivity index (χ4n) is 1.73. The van der Waals surface area contributed by atoms with E-state index in [0.717, 1.165) is 0 Å². The highest BCUT2D eigenvalue weighted by molar-refractivity contribution is 6.09. The molecule has 2 aromatic rings. The van der Waals surface area contributed by atoms with Crippen molar-refractivity contribution in [1.29, 1.82) is 0 Å². The van der Waals surface area contributed by atoms with E-state index in [1.807, 2.05) is 0 Å². The van der Waals surface area contributed by atoms with E-state index in [2.05, 4.69) is 9.97 Å². The number of para-hydroxylation sites is 1. The number of ketones is 1. The van der Waals surface area contributed by atoms with Crippen LogP contribution in [0.1, 0.15) is 16.1 Å². The summed E-state index contributed by atoms with van der Waals surface area (Å²) in [5, 5.41) is 0. The van der Waals surface area contributed by atoms with E-state index < -0.39 is 0 Å². The first-order valence-electron chi connectivity index (χ1n) is 6.37. The smallest absolute Gasteiger partial charge is 0.216 e. The highest BCUT2D eigenvalue weighted by Crippen LogP contribution is 2.21. The molecule has 6 heteroatoms. The van der Waals surface area contributed by atoms with Crippen molar-refractivity contribution in [2.24, 2.45) is 0 Å². The van der Waals surface area contributed by atoms with E-state index in [0.29, 0.717) is 30.4 Å². The summed E-state index contributed by atoms with van der Waals surface area (Å²) >= 11 is 0. The van der Waals surface area contributed by atoms with E-state index in [1.54, 1.807) is 31.4 Å². The Balaban J connectivity index is 2.25. The lowest BCUT2D eigenvalue weighted by molar-refractivity contribution is 0.102. The first kappa shape index (κ1) is 14.9. The number of carbonyl (C=O) groups is 1. The highest BCUT2D eigenvalue weighted by Gasteiger charge is 2.16. The van der Waals surface area contributed by atoms with Gasteiger partial charge in [-0.3, -0.25) is 4.79 Å². The van der Waals surface area contributed by atoms with E-state index in [4.69, 9.17) is 14.2 Å². The normalized spacial score (nSPS) is 10.2. The van der Waals surface area contributed by atoms with Crippen LogP contribution in [0.3, 0.4) is 0 Å². The fraction of sp³-hybridized carbons (Fsp3) is 0.267. The second-order valence-corrected chi connectivity index (χ2v) is 4.11. The minimum Gasteiger partial charge on any atom is -0.490 e. The number of hydrogen-bond acceptors (Lipinski definition) is 6. The van der Waals surface area contributed by atoms with Crippen LogP contribution >= 0.6 is 0 Å². The Morgan fingerprint density at radius 1 is 1.14 bits per heavy atom. The van der Waals surface area contributed by atoms with Gasteiger partial charge in [0, 0.05) is 13.2 Å². The largest absolute Gasteiger partial charge is 0.490 e. The molecule has 1 aromatic heterocycles. The first-order chi connectivity index (χ1) is 10.3. The van der Waals surface area contributed by atoms with Crippen LogP contribution in [0.2, 0.25) is 0 Å². The average molecular weight is 288 g/mol. The molecule has 0 unspecified atom stereocenters.